The number of nitrogens with two attached hydrogens (primary N) is 1. The minimum atomic E-state index is 0.0812. The lowest BCUT2D eigenvalue weighted by Gasteiger charge is -2.19. The second kappa shape index (κ2) is 7.41. The third-order valence-corrected chi connectivity index (χ3v) is 3.83. The zero-order valence-electron chi connectivity index (χ0n) is 12.3. The Bertz CT molecular complexity index is 443. The van der Waals surface area contributed by atoms with Gasteiger partial charge in [-0.05, 0) is 44.0 Å². The zero-order valence-corrected chi connectivity index (χ0v) is 12.3. The van der Waals surface area contributed by atoms with Gasteiger partial charge in [-0.15, -0.1) is 0 Å². The molecule has 0 aromatic heterocycles. The van der Waals surface area contributed by atoms with Crippen molar-refractivity contribution in [2.75, 3.05) is 18.4 Å². The van der Waals surface area contributed by atoms with Gasteiger partial charge in [0.05, 0.1) is 0 Å². The molecular weight excluding hydrogens is 250 g/mol. The fraction of sp³-hybridized carbons (Fsp3) is 0.562. The third-order valence-electron chi connectivity index (χ3n) is 3.83. The van der Waals surface area contributed by atoms with Gasteiger partial charge in [0, 0.05) is 24.7 Å². The molecule has 0 saturated heterocycles. The van der Waals surface area contributed by atoms with Crippen molar-refractivity contribution in [3.63, 3.8) is 0 Å². The quantitative estimate of drug-likeness (QED) is 0.765. The van der Waals surface area contributed by atoms with Crippen molar-refractivity contribution in [3.8, 4) is 0 Å². The molecule has 0 spiro atoms. The van der Waals surface area contributed by atoms with E-state index in [9.17, 15) is 4.79 Å². The molecular formula is C16H25N3O. The Morgan fingerprint density at radius 2 is 2.15 bits per heavy atom. The molecule has 1 aromatic carbocycles. The monoisotopic (exact) mass is 275 g/mol. The van der Waals surface area contributed by atoms with E-state index in [1.807, 2.05) is 24.3 Å². The molecule has 0 unspecified atom stereocenters. The summed E-state index contributed by atoms with van der Waals surface area (Å²) in [7, 11) is 0. The average molecular weight is 275 g/mol. The lowest BCUT2D eigenvalue weighted by molar-refractivity contribution is -0.116. The number of hydrogen-bond acceptors (Lipinski definition) is 3. The maximum absolute atomic E-state index is 12.0. The van der Waals surface area contributed by atoms with Crippen LogP contribution in [0.1, 0.15) is 38.2 Å². The van der Waals surface area contributed by atoms with Crippen molar-refractivity contribution < 1.29 is 4.79 Å². The van der Waals surface area contributed by atoms with E-state index in [0.29, 0.717) is 13.0 Å². The van der Waals surface area contributed by atoms with Crippen molar-refractivity contribution in [1.29, 1.82) is 0 Å². The largest absolute Gasteiger partial charge is 0.326 e. The van der Waals surface area contributed by atoms with E-state index in [1.54, 1.807) is 0 Å². The van der Waals surface area contributed by atoms with Gasteiger partial charge in [0.15, 0.2) is 0 Å². The fourth-order valence-corrected chi connectivity index (χ4v) is 2.51. The molecule has 4 nitrogen and oxygen atoms in total. The first-order valence-corrected chi connectivity index (χ1v) is 7.56. The van der Waals surface area contributed by atoms with Crippen LogP contribution in [0.2, 0.25) is 0 Å². The van der Waals surface area contributed by atoms with Crippen LogP contribution < -0.4 is 11.1 Å². The van der Waals surface area contributed by atoms with Gasteiger partial charge in [-0.3, -0.25) is 4.79 Å². The molecule has 0 bridgehead atoms. The lowest BCUT2D eigenvalue weighted by atomic mass is 10.1. The van der Waals surface area contributed by atoms with Crippen LogP contribution in [0.4, 0.5) is 5.69 Å². The number of carbonyl (C=O) groups is 1. The molecule has 1 aromatic rings. The minimum absolute atomic E-state index is 0.0812. The Kier molecular flexibility index (Phi) is 5.56. The molecule has 0 heterocycles. The van der Waals surface area contributed by atoms with Crippen molar-refractivity contribution in [2.45, 2.75) is 45.2 Å². The molecule has 4 heteroatoms. The van der Waals surface area contributed by atoms with Crippen LogP contribution in [0.15, 0.2) is 24.3 Å². The lowest BCUT2D eigenvalue weighted by Crippen LogP contribution is -2.27. The Hall–Kier alpha value is -1.39. The summed E-state index contributed by atoms with van der Waals surface area (Å²) in [4.78, 5) is 14.4. The average Bonchev–Trinajstić information content (AvgIpc) is 3.29. The summed E-state index contributed by atoms with van der Waals surface area (Å²) in [6, 6.07) is 8.48. The van der Waals surface area contributed by atoms with E-state index in [-0.39, 0.29) is 5.91 Å². The van der Waals surface area contributed by atoms with Crippen molar-refractivity contribution in [1.82, 2.24) is 4.90 Å². The predicted molar refractivity (Wildman–Crippen MR) is 82.5 cm³/mol. The molecule has 0 aliphatic heterocycles. The van der Waals surface area contributed by atoms with Gasteiger partial charge in [0.2, 0.25) is 5.91 Å². The molecule has 0 radical (unpaired) electrons. The molecule has 1 fully saturated rings. The fourth-order valence-electron chi connectivity index (χ4n) is 2.51. The molecule has 110 valence electrons. The molecule has 1 amide bonds. The Morgan fingerprint density at radius 1 is 1.40 bits per heavy atom. The summed E-state index contributed by atoms with van der Waals surface area (Å²) >= 11 is 0. The Balaban J connectivity index is 1.74. The number of para-hydroxylation sites is 1. The smallest absolute Gasteiger partial charge is 0.224 e. The van der Waals surface area contributed by atoms with Gasteiger partial charge in [0.25, 0.3) is 0 Å². The standard InChI is InChI=1S/C16H25N3O/c1-2-19(14-9-10-14)11-5-8-16(20)18-15-7-4-3-6-13(15)12-17/h3-4,6-7,14H,2,5,8-12,17H2,1H3,(H,18,20). The third kappa shape index (κ3) is 4.32. The Labute approximate surface area is 121 Å². The highest BCUT2D eigenvalue weighted by atomic mass is 16.1. The van der Waals surface area contributed by atoms with Crippen molar-refractivity contribution in [3.05, 3.63) is 29.8 Å². The molecule has 1 aliphatic carbocycles. The van der Waals surface area contributed by atoms with Gasteiger partial charge in [-0.1, -0.05) is 25.1 Å². The van der Waals surface area contributed by atoms with Crippen LogP contribution in [-0.2, 0) is 11.3 Å². The number of carbonyl (C=O) groups excluding carboxylic acids is 1. The number of hydrogen-bond donors (Lipinski definition) is 2. The maximum Gasteiger partial charge on any atom is 0.224 e. The second-order valence-corrected chi connectivity index (χ2v) is 5.37. The summed E-state index contributed by atoms with van der Waals surface area (Å²) in [5.41, 5.74) is 7.49. The van der Waals surface area contributed by atoms with Crippen LogP contribution in [0, 0.1) is 0 Å². The van der Waals surface area contributed by atoms with Crippen LogP contribution in [0.3, 0.4) is 0 Å². The molecule has 2 rings (SSSR count). The van der Waals surface area contributed by atoms with Gasteiger partial charge < -0.3 is 16.0 Å². The topological polar surface area (TPSA) is 58.4 Å². The molecule has 20 heavy (non-hydrogen) atoms. The first-order valence-electron chi connectivity index (χ1n) is 7.56. The van der Waals surface area contributed by atoms with E-state index >= 15 is 0 Å². The van der Waals surface area contributed by atoms with Crippen LogP contribution in [0.5, 0.6) is 0 Å². The number of anilines is 1. The summed E-state index contributed by atoms with van der Waals surface area (Å²) in [5.74, 6) is 0.0812. The second-order valence-electron chi connectivity index (χ2n) is 5.37. The summed E-state index contributed by atoms with van der Waals surface area (Å²) in [6.07, 6.45) is 4.14. The van der Waals surface area contributed by atoms with Crippen molar-refractivity contribution >= 4 is 11.6 Å². The highest BCUT2D eigenvalue weighted by molar-refractivity contribution is 5.91. The summed E-state index contributed by atoms with van der Waals surface area (Å²) in [5, 5.41) is 2.96. The molecule has 1 saturated carbocycles. The van der Waals surface area contributed by atoms with E-state index in [2.05, 4.69) is 17.1 Å². The first kappa shape index (κ1) is 15.0. The number of benzene rings is 1. The maximum atomic E-state index is 12.0. The van der Waals surface area contributed by atoms with Gasteiger partial charge in [-0.25, -0.2) is 0 Å². The van der Waals surface area contributed by atoms with E-state index < -0.39 is 0 Å². The Morgan fingerprint density at radius 3 is 2.80 bits per heavy atom. The van der Waals surface area contributed by atoms with Gasteiger partial charge in [-0.2, -0.15) is 0 Å². The van der Waals surface area contributed by atoms with Crippen LogP contribution in [0.25, 0.3) is 0 Å². The molecule has 0 atom stereocenters. The van der Waals surface area contributed by atoms with Crippen molar-refractivity contribution in [2.24, 2.45) is 5.73 Å². The highest BCUT2D eigenvalue weighted by Crippen LogP contribution is 2.26. The predicted octanol–water partition coefficient (Wildman–Crippen LogP) is 2.35. The molecule has 1 aliphatic rings. The highest BCUT2D eigenvalue weighted by Gasteiger charge is 2.27. The number of nitrogens with one attached hydrogen (secondary N) is 1. The number of nitrogens with zero attached hydrogens (tertiary/aromatic N) is 1. The first-order chi connectivity index (χ1) is 9.74. The van der Waals surface area contributed by atoms with Gasteiger partial charge in [0.1, 0.15) is 0 Å². The zero-order chi connectivity index (χ0) is 14.4. The van der Waals surface area contributed by atoms with E-state index in [4.69, 9.17) is 5.73 Å². The summed E-state index contributed by atoms with van der Waals surface area (Å²) in [6.45, 7) is 4.74. The molecule has 3 N–H and O–H groups in total. The number of rotatable bonds is 8. The normalized spacial score (nSPS) is 14.6. The summed E-state index contributed by atoms with van der Waals surface area (Å²) < 4.78 is 0. The van der Waals surface area contributed by atoms with E-state index in [0.717, 1.165) is 36.8 Å². The SMILES string of the molecule is CCN(CCCC(=O)Nc1ccccc1CN)C1CC1. The van der Waals surface area contributed by atoms with Gasteiger partial charge >= 0.3 is 0 Å². The van der Waals surface area contributed by atoms with Crippen LogP contribution >= 0.6 is 0 Å². The van der Waals surface area contributed by atoms with E-state index in [1.165, 1.54) is 12.8 Å². The minimum Gasteiger partial charge on any atom is -0.326 e. The van der Waals surface area contributed by atoms with Crippen LogP contribution in [-0.4, -0.2) is 29.9 Å². The number of amides is 1.